The van der Waals surface area contributed by atoms with Crippen LogP contribution in [0.5, 0.6) is 0 Å². The third-order valence-electron chi connectivity index (χ3n) is 2.59. The number of benzene rings is 1. The van der Waals surface area contributed by atoms with Crippen molar-refractivity contribution in [1.29, 1.82) is 0 Å². The fraction of sp³-hybridized carbons (Fsp3) is 0.231. The summed E-state index contributed by atoms with van der Waals surface area (Å²) in [6, 6.07) is 7.40. The average molecular weight is 231 g/mol. The Labute approximate surface area is 98.6 Å². The highest BCUT2D eigenvalue weighted by Crippen LogP contribution is 2.19. The number of H-pyrrole nitrogens is 1. The molecule has 0 radical (unpaired) electrons. The molecule has 0 saturated heterocycles. The summed E-state index contributed by atoms with van der Waals surface area (Å²) in [5, 5.41) is 0.945. The lowest BCUT2D eigenvalue weighted by Gasteiger charge is -1.97. The minimum atomic E-state index is -0.822. The Bertz CT molecular complexity index is 583. The maximum absolute atomic E-state index is 11.7. The van der Waals surface area contributed by atoms with E-state index in [1.807, 2.05) is 25.1 Å². The molecule has 4 nitrogen and oxygen atoms in total. The van der Waals surface area contributed by atoms with Gasteiger partial charge in [-0.15, -0.1) is 0 Å². The van der Waals surface area contributed by atoms with Crippen molar-refractivity contribution in [3.05, 3.63) is 35.5 Å². The summed E-state index contributed by atoms with van der Waals surface area (Å²) in [6.45, 7) is 3.82. The zero-order valence-electron chi connectivity index (χ0n) is 9.74. The van der Waals surface area contributed by atoms with E-state index in [0.717, 1.165) is 16.5 Å². The molecule has 2 aromatic rings. The van der Waals surface area contributed by atoms with Crippen LogP contribution in [0.3, 0.4) is 0 Å². The summed E-state index contributed by atoms with van der Waals surface area (Å²) in [5.74, 6) is -1.46. The number of hydrogen-bond donors (Lipinski definition) is 1. The largest absolute Gasteiger partial charge is 0.460 e. The van der Waals surface area contributed by atoms with Crippen molar-refractivity contribution >= 4 is 22.7 Å². The highest BCUT2D eigenvalue weighted by molar-refractivity contribution is 6.40. The molecule has 0 fully saturated rings. The Kier molecular flexibility index (Phi) is 2.95. The van der Waals surface area contributed by atoms with Gasteiger partial charge in [0, 0.05) is 10.9 Å². The molecule has 88 valence electrons. The minimum Gasteiger partial charge on any atom is -0.460 e. The van der Waals surface area contributed by atoms with Crippen molar-refractivity contribution < 1.29 is 14.3 Å². The Morgan fingerprint density at radius 1 is 1.35 bits per heavy atom. The molecular formula is C13H13NO3. The molecule has 0 atom stereocenters. The smallest absolute Gasteiger partial charge is 0.381 e. The highest BCUT2D eigenvalue weighted by atomic mass is 16.5. The van der Waals surface area contributed by atoms with Gasteiger partial charge < -0.3 is 9.72 Å². The van der Waals surface area contributed by atoms with E-state index in [1.54, 1.807) is 13.0 Å². The van der Waals surface area contributed by atoms with Crippen LogP contribution in [0.1, 0.15) is 23.0 Å². The van der Waals surface area contributed by atoms with Gasteiger partial charge in [-0.1, -0.05) is 12.1 Å². The normalized spacial score (nSPS) is 10.5. The Morgan fingerprint density at radius 2 is 2.12 bits per heavy atom. The number of ketones is 1. The van der Waals surface area contributed by atoms with Gasteiger partial charge in [0.05, 0.1) is 12.3 Å². The average Bonchev–Trinajstić information content (AvgIpc) is 2.73. The van der Waals surface area contributed by atoms with Crippen LogP contribution in [0.15, 0.2) is 24.3 Å². The van der Waals surface area contributed by atoms with E-state index in [0.29, 0.717) is 0 Å². The standard InChI is InChI=1S/C13H13NO3/c1-3-17-13(16)12(15)11-7-9-8(2)5-4-6-10(9)14-11/h4-7,14H,3H2,1-2H3. The fourth-order valence-corrected chi connectivity index (χ4v) is 1.74. The number of rotatable bonds is 3. The maximum Gasteiger partial charge on any atom is 0.381 e. The summed E-state index contributed by atoms with van der Waals surface area (Å²) in [5.41, 5.74) is 2.17. The predicted molar refractivity (Wildman–Crippen MR) is 64.0 cm³/mol. The number of fused-ring (bicyclic) bond motifs is 1. The first-order valence-electron chi connectivity index (χ1n) is 5.43. The van der Waals surface area contributed by atoms with E-state index >= 15 is 0 Å². The molecule has 0 bridgehead atoms. The number of nitrogens with one attached hydrogen (secondary N) is 1. The van der Waals surface area contributed by atoms with Gasteiger partial charge in [0.1, 0.15) is 0 Å². The van der Waals surface area contributed by atoms with Crippen LogP contribution in [0.4, 0.5) is 0 Å². The Morgan fingerprint density at radius 3 is 2.76 bits per heavy atom. The molecule has 1 N–H and O–H groups in total. The van der Waals surface area contributed by atoms with Crippen LogP contribution < -0.4 is 0 Å². The molecule has 4 heteroatoms. The molecule has 0 aliphatic rings. The summed E-state index contributed by atoms with van der Waals surface area (Å²) < 4.78 is 4.68. The van der Waals surface area contributed by atoms with Crippen molar-refractivity contribution in [2.75, 3.05) is 6.61 Å². The molecule has 2 rings (SSSR count). The topological polar surface area (TPSA) is 59.2 Å². The van der Waals surface area contributed by atoms with E-state index < -0.39 is 11.8 Å². The van der Waals surface area contributed by atoms with Gasteiger partial charge in [-0.25, -0.2) is 4.79 Å². The van der Waals surface area contributed by atoms with Crippen LogP contribution in [0.25, 0.3) is 10.9 Å². The van der Waals surface area contributed by atoms with Crippen LogP contribution in [0, 0.1) is 6.92 Å². The number of Topliss-reactive ketones (excluding diaryl/α,β-unsaturated/α-hetero) is 1. The van der Waals surface area contributed by atoms with Gasteiger partial charge in [0.25, 0.3) is 5.78 Å². The van der Waals surface area contributed by atoms with Crippen LogP contribution in [0.2, 0.25) is 0 Å². The number of aromatic nitrogens is 1. The molecule has 1 heterocycles. The second-order valence-corrected chi connectivity index (χ2v) is 3.77. The van der Waals surface area contributed by atoms with E-state index in [1.165, 1.54) is 0 Å². The highest BCUT2D eigenvalue weighted by Gasteiger charge is 2.19. The van der Waals surface area contributed by atoms with Gasteiger partial charge in [-0.3, -0.25) is 4.79 Å². The molecule has 0 spiro atoms. The lowest BCUT2D eigenvalue weighted by molar-refractivity contribution is -0.137. The Hall–Kier alpha value is -2.10. The van der Waals surface area contributed by atoms with E-state index in [4.69, 9.17) is 0 Å². The van der Waals surface area contributed by atoms with Gasteiger partial charge in [-0.05, 0) is 31.5 Å². The predicted octanol–water partition coefficient (Wildman–Crippen LogP) is 2.22. The quantitative estimate of drug-likeness (QED) is 0.500. The van der Waals surface area contributed by atoms with Gasteiger partial charge in [0.2, 0.25) is 0 Å². The maximum atomic E-state index is 11.7. The number of aryl methyl sites for hydroxylation is 1. The van der Waals surface area contributed by atoms with E-state index in [9.17, 15) is 9.59 Å². The number of aromatic amines is 1. The van der Waals surface area contributed by atoms with Gasteiger partial charge in [-0.2, -0.15) is 0 Å². The summed E-state index contributed by atoms with van der Waals surface area (Å²) in [6.07, 6.45) is 0. The minimum absolute atomic E-state index is 0.198. The zero-order chi connectivity index (χ0) is 12.4. The van der Waals surface area contributed by atoms with Crippen molar-refractivity contribution in [3.63, 3.8) is 0 Å². The molecule has 0 aliphatic carbocycles. The number of hydrogen-bond acceptors (Lipinski definition) is 3. The van der Waals surface area contributed by atoms with Crippen LogP contribution >= 0.6 is 0 Å². The molecular weight excluding hydrogens is 218 g/mol. The summed E-state index contributed by atoms with van der Waals surface area (Å²) in [4.78, 5) is 25.9. The van der Waals surface area contributed by atoms with E-state index in [-0.39, 0.29) is 12.3 Å². The number of carbonyl (C=O) groups is 2. The van der Waals surface area contributed by atoms with Crippen molar-refractivity contribution in [2.24, 2.45) is 0 Å². The Balaban J connectivity index is 2.40. The van der Waals surface area contributed by atoms with Crippen LogP contribution in [-0.2, 0) is 9.53 Å². The first kappa shape index (κ1) is 11.4. The first-order valence-corrected chi connectivity index (χ1v) is 5.43. The van der Waals surface area contributed by atoms with Crippen molar-refractivity contribution in [3.8, 4) is 0 Å². The first-order chi connectivity index (χ1) is 8.13. The van der Waals surface area contributed by atoms with Gasteiger partial charge in [0.15, 0.2) is 0 Å². The number of esters is 1. The molecule has 1 aromatic heterocycles. The molecule has 0 unspecified atom stereocenters. The third-order valence-corrected chi connectivity index (χ3v) is 2.59. The van der Waals surface area contributed by atoms with Crippen molar-refractivity contribution in [2.45, 2.75) is 13.8 Å². The second kappa shape index (κ2) is 4.41. The third kappa shape index (κ3) is 2.06. The van der Waals surface area contributed by atoms with E-state index in [2.05, 4.69) is 9.72 Å². The number of carbonyl (C=O) groups excluding carboxylic acids is 2. The molecule has 17 heavy (non-hydrogen) atoms. The molecule has 1 aromatic carbocycles. The molecule has 0 amide bonds. The van der Waals surface area contributed by atoms with Gasteiger partial charge >= 0.3 is 5.97 Å². The zero-order valence-corrected chi connectivity index (χ0v) is 9.74. The lowest BCUT2D eigenvalue weighted by Crippen LogP contribution is -2.17. The fourth-order valence-electron chi connectivity index (χ4n) is 1.74. The molecule has 0 saturated carbocycles. The summed E-state index contributed by atoms with van der Waals surface area (Å²) >= 11 is 0. The second-order valence-electron chi connectivity index (χ2n) is 3.77. The molecule has 0 aliphatic heterocycles. The monoisotopic (exact) mass is 231 g/mol. The SMILES string of the molecule is CCOC(=O)C(=O)c1cc2c(C)cccc2[nH]1. The van der Waals surface area contributed by atoms with Crippen LogP contribution in [-0.4, -0.2) is 23.3 Å². The number of ether oxygens (including phenoxy) is 1. The summed E-state index contributed by atoms with van der Waals surface area (Å²) in [7, 11) is 0. The lowest BCUT2D eigenvalue weighted by atomic mass is 10.1. The van der Waals surface area contributed by atoms with Crippen molar-refractivity contribution in [1.82, 2.24) is 4.98 Å².